The first-order chi connectivity index (χ1) is 10.4. The molecular formula is C15H30N4O3S. The van der Waals surface area contributed by atoms with E-state index in [9.17, 15) is 13.2 Å². The number of rotatable bonds is 2. The summed E-state index contributed by atoms with van der Waals surface area (Å²) in [6.07, 6.45) is 2.97. The molecular weight excluding hydrogens is 316 g/mol. The summed E-state index contributed by atoms with van der Waals surface area (Å²) in [6, 6.07) is 0.0401. The first kappa shape index (κ1) is 18.5. The second kappa shape index (κ2) is 6.22. The van der Waals surface area contributed by atoms with E-state index in [0.717, 1.165) is 12.8 Å². The number of piperidine rings is 1. The standard InChI is InChI=1S/C15H30N4O3S/c1-14(2)10-12(11-15(3,4)17-14)16-13(20)18-6-8-19(9-7-18)23(5,21)22/h12,17H,6-11H2,1-5H3,(H,16,20). The Labute approximate surface area is 139 Å². The Morgan fingerprint density at radius 3 is 1.96 bits per heavy atom. The zero-order valence-electron chi connectivity index (χ0n) is 14.8. The highest BCUT2D eigenvalue weighted by atomic mass is 32.2. The van der Waals surface area contributed by atoms with E-state index in [1.807, 2.05) is 0 Å². The van der Waals surface area contributed by atoms with Crippen LogP contribution in [0.15, 0.2) is 0 Å². The molecule has 0 bridgehead atoms. The molecule has 2 fully saturated rings. The number of urea groups is 1. The van der Waals surface area contributed by atoms with Crippen LogP contribution in [0, 0.1) is 0 Å². The van der Waals surface area contributed by atoms with E-state index in [2.05, 4.69) is 38.3 Å². The fourth-order valence-electron chi connectivity index (χ4n) is 3.91. The third kappa shape index (κ3) is 5.06. The molecule has 2 N–H and O–H groups in total. The smallest absolute Gasteiger partial charge is 0.317 e. The lowest BCUT2D eigenvalue weighted by molar-refractivity contribution is 0.132. The van der Waals surface area contributed by atoms with Gasteiger partial charge >= 0.3 is 6.03 Å². The van der Waals surface area contributed by atoms with Gasteiger partial charge in [-0.3, -0.25) is 0 Å². The summed E-state index contributed by atoms with van der Waals surface area (Å²) in [5.74, 6) is 0. The number of carbonyl (C=O) groups is 1. The van der Waals surface area contributed by atoms with Crippen LogP contribution in [0.2, 0.25) is 0 Å². The number of piperazine rings is 1. The fourth-order valence-corrected chi connectivity index (χ4v) is 4.74. The average molecular weight is 346 g/mol. The highest BCUT2D eigenvalue weighted by Gasteiger charge is 2.38. The summed E-state index contributed by atoms with van der Waals surface area (Å²) in [5, 5.41) is 6.73. The van der Waals surface area contributed by atoms with E-state index in [1.54, 1.807) is 4.90 Å². The summed E-state index contributed by atoms with van der Waals surface area (Å²) in [4.78, 5) is 14.2. The first-order valence-corrected chi connectivity index (χ1v) is 10.0. The molecule has 134 valence electrons. The van der Waals surface area contributed by atoms with Crippen molar-refractivity contribution in [2.24, 2.45) is 0 Å². The summed E-state index contributed by atoms with van der Waals surface area (Å²) in [5.41, 5.74) is -0.0383. The van der Waals surface area contributed by atoms with Crippen LogP contribution in [0.3, 0.4) is 0 Å². The van der Waals surface area contributed by atoms with E-state index in [1.165, 1.54) is 10.6 Å². The van der Waals surface area contributed by atoms with Crippen molar-refractivity contribution in [3.63, 3.8) is 0 Å². The maximum atomic E-state index is 12.5. The molecule has 7 nitrogen and oxygen atoms in total. The van der Waals surface area contributed by atoms with Gasteiger partial charge < -0.3 is 15.5 Å². The van der Waals surface area contributed by atoms with Crippen LogP contribution < -0.4 is 10.6 Å². The number of nitrogens with zero attached hydrogens (tertiary/aromatic N) is 2. The largest absolute Gasteiger partial charge is 0.335 e. The Kier molecular flexibility index (Phi) is 4.99. The number of hydrogen-bond acceptors (Lipinski definition) is 4. The maximum Gasteiger partial charge on any atom is 0.317 e. The van der Waals surface area contributed by atoms with Gasteiger partial charge in [0.05, 0.1) is 6.26 Å². The van der Waals surface area contributed by atoms with Crippen LogP contribution in [0.1, 0.15) is 40.5 Å². The average Bonchev–Trinajstić information content (AvgIpc) is 2.33. The molecule has 2 saturated heterocycles. The summed E-state index contributed by atoms with van der Waals surface area (Å²) in [7, 11) is -3.17. The van der Waals surface area contributed by atoms with Crippen LogP contribution in [-0.2, 0) is 10.0 Å². The van der Waals surface area contributed by atoms with Crippen molar-refractivity contribution in [3.05, 3.63) is 0 Å². The summed E-state index contributed by atoms with van der Waals surface area (Å²) in [6.45, 7) is 10.2. The van der Waals surface area contributed by atoms with E-state index in [4.69, 9.17) is 0 Å². The van der Waals surface area contributed by atoms with Crippen molar-refractivity contribution in [2.45, 2.75) is 57.7 Å². The Morgan fingerprint density at radius 2 is 1.52 bits per heavy atom. The van der Waals surface area contributed by atoms with Gasteiger partial charge in [0.1, 0.15) is 0 Å². The van der Waals surface area contributed by atoms with Crippen molar-refractivity contribution in [2.75, 3.05) is 32.4 Å². The van der Waals surface area contributed by atoms with Crippen molar-refractivity contribution in [3.8, 4) is 0 Å². The topological polar surface area (TPSA) is 81.8 Å². The zero-order chi connectivity index (χ0) is 17.5. The van der Waals surface area contributed by atoms with Crippen LogP contribution in [0.4, 0.5) is 4.79 Å². The van der Waals surface area contributed by atoms with Crippen molar-refractivity contribution >= 4 is 16.1 Å². The Bertz CT molecular complexity index is 535. The first-order valence-electron chi connectivity index (χ1n) is 8.18. The Morgan fingerprint density at radius 1 is 1.04 bits per heavy atom. The predicted octanol–water partition coefficient (Wildman–Crippen LogP) is 0.582. The second-order valence-corrected chi connectivity index (χ2v) is 10.1. The summed E-state index contributed by atoms with van der Waals surface area (Å²) < 4.78 is 24.5. The molecule has 0 aromatic carbocycles. The molecule has 2 aliphatic rings. The Hall–Kier alpha value is -0.860. The summed E-state index contributed by atoms with van der Waals surface area (Å²) >= 11 is 0. The van der Waals surface area contributed by atoms with Crippen LogP contribution in [0.25, 0.3) is 0 Å². The normalized spacial score (nSPS) is 26.0. The van der Waals surface area contributed by atoms with Gasteiger partial charge in [-0.1, -0.05) is 0 Å². The van der Waals surface area contributed by atoms with E-state index >= 15 is 0 Å². The van der Waals surface area contributed by atoms with Crippen molar-refractivity contribution in [1.29, 1.82) is 0 Å². The van der Waals surface area contributed by atoms with Gasteiger partial charge in [0.15, 0.2) is 0 Å². The number of carbonyl (C=O) groups excluding carboxylic acids is 1. The lowest BCUT2D eigenvalue weighted by Crippen LogP contribution is -2.63. The fraction of sp³-hybridized carbons (Fsp3) is 0.933. The van der Waals surface area contributed by atoms with E-state index in [0.29, 0.717) is 26.2 Å². The zero-order valence-corrected chi connectivity index (χ0v) is 15.7. The van der Waals surface area contributed by atoms with Gasteiger partial charge in [0, 0.05) is 43.3 Å². The quantitative estimate of drug-likeness (QED) is 0.766. The highest BCUT2D eigenvalue weighted by Crippen LogP contribution is 2.28. The van der Waals surface area contributed by atoms with Gasteiger partial charge in [-0.15, -0.1) is 0 Å². The molecule has 2 amide bonds. The molecule has 0 saturated carbocycles. The minimum Gasteiger partial charge on any atom is -0.335 e. The monoisotopic (exact) mass is 346 g/mol. The molecule has 0 aliphatic carbocycles. The molecule has 0 unspecified atom stereocenters. The van der Waals surface area contributed by atoms with Gasteiger partial charge in [-0.2, -0.15) is 4.31 Å². The van der Waals surface area contributed by atoms with E-state index in [-0.39, 0.29) is 23.2 Å². The molecule has 0 radical (unpaired) electrons. The van der Waals surface area contributed by atoms with Gasteiger partial charge in [0.25, 0.3) is 0 Å². The SMILES string of the molecule is CC1(C)CC(NC(=O)N2CCN(S(C)(=O)=O)CC2)CC(C)(C)N1. The maximum absolute atomic E-state index is 12.5. The second-order valence-electron chi connectivity index (χ2n) is 8.10. The van der Waals surface area contributed by atoms with Gasteiger partial charge in [-0.05, 0) is 40.5 Å². The van der Waals surface area contributed by atoms with Gasteiger partial charge in [0.2, 0.25) is 10.0 Å². The van der Waals surface area contributed by atoms with Crippen molar-refractivity contribution in [1.82, 2.24) is 19.8 Å². The number of amides is 2. The molecule has 8 heteroatoms. The highest BCUT2D eigenvalue weighted by molar-refractivity contribution is 7.88. The molecule has 0 aromatic heterocycles. The lowest BCUT2D eigenvalue weighted by Gasteiger charge is -2.47. The number of hydrogen-bond donors (Lipinski definition) is 2. The molecule has 0 atom stereocenters. The van der Waals surface area contributed by atoms with Gasteiger partial charge in [-0.25, -0.2) is 13.2 Å². The minimum absolute atomic E-state index is 0.0192. The van der Waals surface area contributed by atoms with Crippen LogP contribution in [-0.4, -0.2) is 73.2 Å². The minimum atomic E-state index is -3.17. The molecule has 2 heterocycles. The molecule has 0 aromatic rings. The van der Waals surface area contributed by atoms with Crippen LogP contribution in [0.5, 0.6) is 0 Å². The Balaban J connectivity index is 1.90. The molecule has 2 aliphatic heterocycles. The third-order valence-electron chi connectivity index (χ3n) is 4.51. The third-order valence-corrected chi connectivity index (χ3v) is 5.82. The lowest BCUT2D eigenvalue weighted by atomic mass is 9.80. The molecule has 0 spiro atoms. The molecule has 2 rings (SSSR count). The number of sulfonamides is 1. The van der Waals surface area contributed by atoms with Crippen molar-refractivity contribution < 1.29 is 13.2 Å². The number of nitrogens with one attached hydrogen (secondary N) is 2. The van der Waals surface area contributed by atoms with Crippen LogP contribution >= 0.6 is 0 Å². The van der Waals surface area contributed by atoms with E-state index < -0.39 is 10.0 Å². The molecule has 23 heavy (non-hydrogen) atoms. The predicted molar refractivity (Wildman–Crippen MR) is 90.8 cm³/mol.